The molecule has 2 nitrogen and oxygen atoms in total. The standard InChI is InChI=1S/C12H13Cl3N2S/c1-3-12(2)6-18-11(17-12)16-10-5-8(14)7(13)4-9(10)15/h4-5H,3,6H2,1-2H3,(H,16,17). The van der Waals surface area contributed by atoms with E-state index < -0.39 is 0 Å². The summed E-state index contributed by atoms with van der Waals surface area (Å²) < 4.78 is 0. The second-order valence-corrected chi connectivity index (χ2v) is 6.61. The lowest BCUT2D eigenvalue weighted by Crippen LogP contribution is -2.20. The maximum Gasteiger partial charge on any atom is 0.161 e. The van der Waals surface area contributed by atoms with Crippen LogP contribution in [-0.2, 0) is 0 Å². The normalized spacial score (nSPS) is 23.1. The van der Waals surface area contributed by atoms with Gasteiger partial charge < -0.3 is 5.32 Å². The largest absolute Gasteiger partial charge is 0.334 e. The summed E-state index contributed by atoms with van der Waals surface area (Å²) in [6.45, 7) is 4.28. The van der Waals surface area contributed by atoms with Gasteiger partial charge in [-0.15, -0.1) is 0 Å². The molecule has 1 heterocycles. The first kappa shape index (κ1) is 14.3. The Morgan fingerprint density at radius 3 is 2.56 bits per heavy atom. The van der Waals surface area contributed by atoms with Crippen molar-refractivity contribution in [2.45, 2.75) is 25.8 Å². The molecule has 1 atom stereocenters. The Balaban J connectivity index is 2.21. The van der Waals surface area contributed by atoms with Crippen molar-refractivity contribution in [3.8, 4) is 0 Å². The Bertz CT molecular complexity index is 504. The fraction of sp³-hybridized carbons (Fsp3) is 0.417. The molecule has 1 aromatic rings. The Kier molecular flexibility index (Phi) is 4.37. The Labute approximate surface area is 126 Å². The van der Waals surface area contributed by atoms with Gasteiger partial charge in [0.25, 0.3) is 0 Å². The number of aliphatic imine (C=N–C) groups is 1. The minimum Gasteiger partial charge on any atom is -0.334 e. The van der Waals surface area contributed by atoms with Crippen molar-refractivity contribution in [3.05, 3.63) is 27.2 Å². The highest BCUT2D eigenvalue weighted by Crippen LogP contribution is 2.35. The molecular weight excluding hydrogens is 311 g/mol. The molecular formula is C12H13Cl3N2S. The summed E-state index contributed by atoms with van der Waals surface area (Å²) in [6, 6.07) is 3.35. The first-order valence-electron chi connectivity index (χ1n) is 5.58. The lowest BCUT2D eigenvalue weighted by Gasteiger charge is -2.15. The van der Waals surface area contributed by atoms with Gasteiger partial charge in [0.15, 0.2) is 5.17 Å². The highest BCUT2D eigenvalue weighted by molar-refractivity contribution is 8.14. The number of hydrogen-bond acceptors (Lipinski definition) is 3. The number of nitrogens with one attached hydrogen (secondary N) is 1. The molecule has 0 amide bonds. The zero-order valence-corrected chi connectivity index (χ0v) is 13.1. The van der Waals surface area contributed by atoms with Crippen molar-refractivity contribution in [3.63, 3.8) is 0 Å². The van der Waals surface area contributed by atoms with E-state index in [0.717, 1.165) is 23.0 Å². The molecule has 0 saturated carbocycles. The number of rotatable bonds is 2. The van der Waals surface area contributed by atoms with Gasteiger partial charge in [0.1, 0.15) is 0 Å². The number of hydrogen-bond donors (Lipinski definition) is 1. The first-order valence-corrected chi connectivity index (χ1v) is 7.70. The van der Waals surface area contributed by atoms with Crippen molar-refractivity contribution in [1.29, 1.82) is 0 Å². The van der Waals surface area contributed by atoms with Crippen LogP contribution in [0.1, 0.15) is 20.3 Å². The summed E-state index contributed by atoms with van der Waals surface area (Å²) in [5.74, 6) is 0.977. The number of halogens is 3. The van der Waals surface area contributed by atoms with Gasteiger partial charge in [-0.1, -0.05) is 53.5 Å². The van der Waals surface area contributed by atoms with Crippen LogP contribution < -0.4 is 5.32 Å². The van der Waals surface area contributed by atoms with E-state index in [1.54, 1.807) is 23.9 Å². The molecule has 2 rings (SSSR count). The van der Waals surface area contributed by atoms with Crippen molar-refractivity contribution in [2.75, 3.05) is 11.1 Å². The van der Waals surface area contributed by atoms with Crippen LogP contribution in [0.4, 0.5) is 5.69 Å². The third kappa shape index (κ3) is 3.08. The van der Waals surface area contributed by atoms with Gasteiger partial charge in [-0.2, -0.15) is 0 Å². The van der Waals surface area contributed by atoms with E-state index in [0.29, 0.717) is 15.1 Å². The number of thioether (sulfide) groups is 1. The minimum absolute atomic E-state index is 0.00962. The van der Waals surface area contributed by atoms with Crippen molar-refractivity contribution < 1.29 is 0 Å². The van der Waals surface area contributed by atoms with Gasteiger partial charge in [0.2, 0.25) is 0 Å². The van der Waals surface area contributed by atoms with E-state index in [2.05, 4.69) is 24.2 Å². The van der Waals surface area contributed by atoms with Crippen LogP contribution in [0.5, 0.6) is 0 Å². The first-order chi connectivity index (χ1) is 8.43. The number of anilines is 1. The van der Waals surface area contributed by atoms with Gasteiger partial charge in [-0.05, 0) is 25.5 Å². The second-order valence-electron chi connectivity index (χ2n) is 4.43. The predicted molar refractivity (Wildman–Crippen MR) is 83.7 cm³/mol. The molecule has 0 aliphatic carbocycles. The van der Waals surface area contributed by atoms with Crippen molar-refractivity contribution >= 4 is 57.4 Å². The molecule has 1 unspecified atom stereocenters. The molecule has 0 radical (unpaired) electrons. The quantitative estimate of drug-likeness (QED) is 0.744. The van der Waals surface area contributed by atoms with Gasteiger partial charge in [0, 0.05) is 5.75 Å². The molecule has 0 saturated heterocycles. The van der Waals surface area contributed by atoms with E-state index >= 15 is 0 Å². The maximum absolute atomic E-state index is 6.12. The van der Waals surface area contributed by atoms with E-state index in [4.69, 9.17) is 34.8 Å². The van der Waals surface area contributed by atoms with E-state index in [9.17, 15) is 0 Å². The molecule has 98 valence electrons. The minimum atomic E-state index is 0.00962. The Morgan fingerprint density at radius 1 is 1.28 bits per heavy atom. The van der Waals surface area contributed by atoms with Crippen LogP contribution in [0.25, 0.3) is 0 Å². The molecule has 1 N–H and O–H groups in total. The Morgan fingerprint density at radius 2 is 1.94 bits per heavy atom. The molecule has 0 fully saturated rings. The molecule has 18 heavy (non-hydrogen) atoms. The highest BCUT2D eigenvalue weighted by Gasteiger charge is 2.29. The van der Waals surface area contributed by atoms with E-state index in [1.165, 1.54) is 0 Å². The van der Waals surface area contributed by atoms with Crippen LogP contribution in [0.2, 0.25) is 15.1 Å². The van der Waals surface area contributed by atoms with Crippen molar-refractivity contribution in [2.24, 2.45) is 4.99 Å². The molecule has 1 aromatic carbocycles. The molecule has 6 heteroatoms. The molecule has 0 spiro atoms. The third-order valence-electron chi connectivity index (χ3n) is 2.90. The zero-order chi connectivity index (χ0) is 13.3. The van der Waals surface area contributed by atoms with Crippen molar-refractivity contribution in [1.82, 2.24) is 0 Å². The van der Waals surface area contributed by atoms with Gasteiger partial charge in [-0.25, -0.2) is 0 Å². The molecule has 0 aromatic heterocycles. The SMILES string of the molecule is CCC1(C)CSC(Nc2cc(Cl)c(Cl)cc2Cl)=N1. The number of amidine groups is 1. The summed E-state index contributed by atoms with van der Waals surface area (Å²) in [4.78, 5) is 4.66. The zero-order valence-electron chi connectivity index (χ0n) is 10.1. The van der Waals surface area contributed by atoms with Gasteiger partial charge >= 0.3 is 0 Å². The second kappa shape index (κ2) is 5.49. The summed E-state index contributed by atoms with van der Waals surface area (Å²) in [6.07, 6.45) is 1.01. The molecule has 1 aliphatic heterocycles. The van der Waals surface area contributed by atoms with Crippen LogP contribution in [0.3, 0.4) is 0 Å². The van der Waals surface area contributed by atoms with Crippen LogP contribution in [0.15, 0.2) is 17.1 Å². The van der Waals surface area contributed by atoms with E-state index in [-0.39, 0.29) is 5.54 Å². The number of nitrogens with zero attached hydrogens (tertiary/aromatic N) is 1. The highest BCUT2D eigenvalue weighted by atomic mass is 35.5. The third-order valence-corrected chi connectivity index (χ3v) is 5.17. The molecule has 1 aliphatic rings. The fourth-order valence-corrected chi connectivity index (χ4v) is 3.29. The van der Waals surface area contributed by atoms with Crippen LogP contribution >= 0.6 is 46.6 Å². The van der Waals surface area contributed by atoms with E-state index in [1.807, 2.05) is 0 Å². The summed E-state index contributed by atoms with van der Waals surface area (Å²) in [7, 11) is 0. The van der Waals surface area contributed by atoms with Gasteiger partial charge in [0.05, 0.1) is 26.3 Å². The average Bonchev–Trinajstić information content (AvgIpc) is 2.69. The lowest BCUT2D eigenvalue weighted by atomic mass is 10.0. The lowest BCUT2D eigenvalue weighted by molar-refractivity contribution is 0.523. The smallest absolute Gasteiger partial charge is 0.161 e. The van der Waals surface area contributed by atoms with Crippen LogP contribution in [0, 0.1) is 0 Å². The predicted octanol–water partition coefficient (Wildman–Crippen LogP) is 5.33. The molecule has 0 bridgehead atoms. The summed E-state index contributed by atoms with van der Waals surface area (Å²) in [5, 5.41) is 5.55. The summed E-state index contributed by atoms with van der Waals surface area (Å²) >= 11 is 19.7. The maximum atomic E-state index is 6.12. The topological polar surface area (TPSA) is 24.4 Å². The van der Waals surface area contributed by atoms with Crippen LogP contribution in [-0.4, -0.2) is 16.5 Å². The fourth-order valence-electron chi connectivity index (χ4n) is 1.51. The Hall–Kier alpha value is -0.0900. The number of benzene rings is 1. The average molecular weight is 324 g/mol. The monoisotopic (exact) mass is 322 g/mol. The summed E-state index contributed by atoms with van der Waals surface area (Å²) in [5.41, 5.74) is 0.744. The van der Waals surface area contributed by atoms with Gasteiger partial charge in [-0.3, -0.25) is 4.99 Å².